The molecule has 0 bridgehead atoms. The van der Waals surface area contributed by atoms with E-state index >= 15 is 0 Å². The van der Waals surface area contributed by atoms with Crippen LogP contribution in [0, 0.1) is 11.8 Å². The molecule has 0 saturated carbocycles. The summed E-state index contributed by atoms with van der Waals surface area (Å²) in [7, 11) is 0. The minimum atomic E-state index is -2.19. The fourth-order valence-electron chi connectivity index (χ4n) is 3.53. The Bertz CT molecular complexity index is 1030. The first-order chi connectivity index (χ1) is 19.0. The van der Waals surface area contributed by atoms with E-state index in [4.69, 9.17) is 18.9 Å². The highest BCUT2D eigenvalue weighted by Gasteiger charge is 2.45. The summed E-state index contributed by atoms with van der Waals surface area (Å²) in [6.45, 7) is 16.8. The van der Waals surface area contributed by atoms with Gasteiger partial charge in [-0.25, -0.2) is 9.59 Å². The molecular weight excluding hydrogens is 530 g/mol. The van der Waals surface area contributed by atoms with Crippen molar-refractivity contribution in [3.63, 3.8) is 0 Å². The van der Waals surface area contributed by atoms with Gasteiger partial charge in [-0.1, -0.05) is 47.6 Å². The van der Waals surface area contributed by atoms with Crippen LogP contribution in [0.4, 0.5) is 4.79 Å². The topological polar surface area (TPSA) is 137 Å². The van der Waals surface area contributed by atoms with Crippen molar-refractivity contribution >= 4 is 24.1 Å². The maximum absolute atomic E-state index is 12.7. The number of carboxylic acid groups (broad SMARTS) is 1. The highest BCUT2D eigenvalue weighted by atomic mass is 16.8. The summed E-state index contributed by atoms with van der Waals surface area (Å²) < 4.78 is 22.0. The van der Waals surface area contributed by atoms with Crippen LogP contribution in [-0.2, 0) is 30.3 Å². The van der Waals surface area contributed by atoms with Crippen LogP contribution in [0.15, 0.2) is 18.2 Å². The summed E-state index contributed by atoms with van der Waals surface area (Å²) >= 11 is 0. The van der Waals surface area contributed by atoms with Gasteiger partial charge >= 0.3 is 24.1 Å². The molecule has 1 aromatic rings. The highest BCUT2D eigenvalue weighted by molar-refractivity contribution is 5.81. The number of hydrogen-bond donors (Lipinski definition) is 2. The molecule has 1 unspecified atom stereocenters. The number of carbonyl (C=O) groups excluding carboxylic acids is 3. The third-order valence-electron chi connectivity index (χ3n) is 6.67. The first kappa shape index (κ1) is 35.9. The summed E-state index contributed by atoms with van der Waals surface area (Å²) in [5, 5.41) is 13.2. The molecule has 0 aliphatic carbocycles. The summed E-state index contributed by atoms with van der Waals surface area (Å²) in [5.41, 5.74) is -2.69. The molecule has 232 valence electrons. The van der Waals surface area contributed by atoms with Gasteiger partial charge < -0.3 is 24.1 Å². The highest BCUT2D eigenvalue weighted by Crippen LogP contribution is 2.32. The molecule has 10 nitrogen and oxygen atoms in total. The summed E-state index contributed by atoms with van der Waals surface area (Å²) in [5.74, 6) is -1.82. The number of hydrogen-bond acceptors (Lipinski definition) is 9. The fraction of sp³-hybridized carbons (Fsp3) is 0.677. The van der Waals surface area contributed by atoms with Gasteiger partial charge in [-0.15, -0.1) is 0 Å². The number of aliphatic carboxylic acids is 1. The van der Waals surface area contributed by atoms with Crippen LogP contribution in [-0.4, -0.2) is 46.5 Å². The number of nitrogens with one attached hydrogen (secondary N) is 1. The molecule has 10 heteroatoms. The summed E-state index contributed by atoms with van der Waals surface area (Å²) in [6, 6.07) is 4.07. The summed E-state index contributed by atoms with van der Waals surface area (Å²) in [4.78, 5) is 50.5. The van der Waals surface area contributed by atoms with Gasteiger partial charge in [0.15, 0.2) is 11.5 Å². The smallest absolute Gasteiger partial charge is 0.477 e. The van der Waals surface area contributed by atoms with Crippen molar-refractivity contribution in [1.29, 1.82) is 0 Å². The minimum Gasteiger partial charge on any atom is -0.477 e. The molecular formula is C31H49NO9. The molecule has 1 rings (SSSR count). The lowest BCUT2D eigenvalue weighted by Gasteiger charge is -2.34. The lowest BCUT2D eigenvalue weighted by atomic mass is 10.00. The molecule has 41 heavy (non-hydrogen) atoms. The molecule has 0 spiro atoms. The first-order valence-electron chi connectivity index (χ1n) is 14.5. The average Bonchev–Trinajstić information content (AvgIpc) is 2.87. The number of carbonyl (C=O) groups is 4. The molecule has 2 N–H and O–H groups in total. The normalized spacial score (nSPS) is 13.8. The van der Waals surface area contributed by atoms with E-state index in [0.29, 0.717) is 37.2 Å². The lowest BCUT2D eigenvalue weighted by molar-refractivity contribution is -0.169. The summed E-state index contributed by atoms with van der Waals surface area (Å²) in [6.07, 6.45) is 1.16. The van der Waals surface area contributed by atoms with Crippen LogP contribution in [0.3, 0.4) is 0 Å². The quantitative estimate of drug-likeness (QED) is 0.121. The van der Waals surface area contributed by atoms with Crippen LogP contribution < -0.4 is 14.8 Å². The van der Waals surface area contributed by atoms with Crippen molar-refractivity contribution in [2.24, 2.45) is 11.8 Å². The van der Waals surface area contributed by atoms with Crippen LogP contribution >= 0.6 is 0 Å². The number of rotatable bonds is 17. The fourth-order valence-corrected chi connectivity index (χ4v) is 3.53. The van der Waals surface area contributed by atoms with Gasteiger partial charge in [0.05, 0.1) is 0 Å². The van der Waals surface area contributed by atoms with Crippen LogP contribution in [0.25, 0.3) is 0 Å². The maximum Gasteiger partial charge on any atom is 0.511 e. The minimum absolute atomic E-state index is 0.0216. The van der Waals surface area contributed by atoms with Gasteiger partial charge in [0.25, 0.3) is 5.72 Å². The Balaban J connectivity index is 3.45. The van der Waals surface area contributed by atoms with Crippen molar-refractivity contribution in [2.75, 3.05) is 0 Å². The maximum atomic E-state index is 12.7. The molecule has 0 aromatic heterocycles. The molecule has 1 aromatic carbocycles. The number of esters is 2. The van der Waals surface area contributed by atoms with Crippen molar-refractivity contribution in [1.82, 2.24) is 5.32 Å². The Morgan fingerprint density at radius 1 is 0.854 bits per heavy atom. The van der Waals surface area contributed by atoms with Crippen LogP contribution in [0.2, 0.25) is 0 Å². The SMILES string of the molecule is CCC(C)N[C@@](Cc1ccc(OC(=O)CCC(C)C)c(OC(=O)CCC(C)C)c1)(OC(=O)OC(C)(C)CC)C(=O)O. The molecule has 0 aliphatic heterocycles. The van der Waals surface area contributed by atoms with E-state index in [0.717, 1.165) is 0 Å². The second-order valence-corrected chi connectivity index (χ2v) is 11.9. The predicted octanol–water partition coefficient (Wildman–Crippen LogP) is 6.42. The molecule has 2 atom stereocenters. The zero-order valence-electron chi connectivity index (χ0n) is 26.1. The molecule has 0 aliphatic rings. The molecule has 0 saturated heterocycles. The number of ether oxygens (including phenoxy) is 4. The Kier molecular flexibility index (Phi) is 14.3. The number of benzene rings is 1. The average molecular weight is 580 g/mol. The Morgan fingerprint density at radius 2 is 1.39 bits per heavy atom. The van der Waals surface area contributed by atoms with Crippen LogP contribution in [0.1, 0.15) is 106 Å². The van der Waals surface area contributed by atoms with E-state index in [1.165, 1.54) is 18.2 Å². The molecule has 0 fully saturated rings. The van der Waals surface area contributed by atoms with Gasteiger partial charge in [0, 0.05) is 25.3 Å². The standard InChI is InChI=1S/C31H49NO9/c1-10-22(7)32-31(28(35)36,41-29(37)40-30(8,9)11-2)19-23-14-15-24(38-26(33)16-12-20(3)4)25(18-23)39-27(34)17-13-21(5)6/h14-15,18,20-22,32H,10-13,16-17,19H2,1-9H3,(H,35,36)/t22?,31-/m0/s1. The van der Waals surface area contributed by atoms with Gasteiger partial charge in [0.1, 0.15) is 5.60 Å². The van der Waals surface area contributed by atoms with Gasteiger partial charge in [-0.2, -0.15) is 0 Å². The Hall–Kier alpha value is -3.14. The first-order valence-corrected chi connectivity index (χ1v) is 14.5. The van der Waals surface area contributed by atoms with Crippen molar-refractivity contribution in [2.45, 2.75) is 125 Å². The second kappa shape index (κ2) is 16.3. The third kappa shape index (κ3) is 12.9. The molecule has 0 radical (unpaired) electrons. The van der Waals surface area contributed by atoms with Gasteiger partial charge in [0.2, 0.25) is 0 Å². The Morgan fingerprint density at radius 3 is 1.85 bits per heavy atom. The second-order valence-electron chi connectivity index (χ2n) is 11.9. The third-order valence-corrected chi connectivity index (χ3v) is 6.67. The predicted molar refractivity (Wildman–Crippen MR) is 155 cm³/mol. The van der Waals surface area contributed by atoms with Crippen molar-refractivity contribution in [3.05, 3.63) is 23.8 Å². The van der Waals surface area contributed by atoms with E-state index in [-0.39, 0.29) is 42.7 Å². The van der Waals surface area contributed by atoms with E-state index in [9.17, 15) is 24.3 Å². The van der Waals surface area contributed by atoms with Crippen LogP contribution in [0.5, 0.6) is 11.5 Å². The van der Waals surface area contributed by atoms with Crippen molar-refractivity contribution < 1.29 is 43.2 Å². The van der Waals surface area contributed by atoms with Gasteiger partial charge in [-0.3, -0.25) is 14.9 Å². The zero-order valence-corrected chi connectivity index (χ0v) is 26.1. The van der Waals surface area contributed by atoms with E-state index in [1.54, 1.807) is 20.8 Å². The molecule has 0 heterocycles. The van der Waals surface area contributed by atoms with E-state index in [2.05, 4.69) is 5.32 Å². The largest absolute Gasteiger partial charge is 0.511 e. The van der Waals surface area contributed by atoms with Crippen molar-refractivity contribution in [3.8, 4) is 11.5 Å². The zero-order chi connectivity index (χ0) is 31.4. The number of carboxylic acids is 1. The van der Waals surface area contributed by atoms with E-state index in [1.807, 2.05) is 41.5 Å². The van der Waals surface area contributed by atoms with Gasteiger partial charge in [-0.05, 0) is 76.0 Å². The lowest BCUT2D eigenvalue weighted by Crippen LogP contribution is -2.60. The van der Waals surface area contributed by atoms with E-state index < -0.39 is 35.4 Å². The monoisotopic (exact) mass is 579 g/mol. The molecule has 0 amide bonds. The Labute approximate surface area is 244 Å².